The van der Waals surface area contributed by atoms with Gasteiger partial charge < -0.3 is 0 Å². The summed E-state index contributed by atoms with van der Waals surface area (Å²) >= 11 is 0. The van der Waals surface area contributed by atoms with Gasteiger partial charge in [-0.3, -0.25) is 0 Å². The van der Waals surface area contributed by atoms with Crippen molar-refractivity contribution in [2.24, 2.45) is 10.2 Å². The first kappa shape index (κ1) is 23.5. The first-order chi connectivity index (χ1) is 15.7. The molecule has 33 heavy (non-hydrogen) atoms. The fraction of sp³-hybridized carbons (Fsp3) is 0.321. The number of methoxy groups -OCH3 is 1. The molecule has 0 saturated carbocycles. The van der Waals surface area contributed by atoms with E-state index in [2.05, 4.69) is 76.2 Å². The molecule has 4 nitrogen and oxygen atoms in total. The minimum atomic E-state index is -3.91. The molecule has 1 aliphatic rings. The molecule has 174 valence electrons. The van der Waals surface area contributed by atoms with E-state index in [1.54, 1.807) is 0 Å². The van der Waals surface area contributed by atoms with Crippen LogP contribution in [0, 0.1) is 5.41 Å². The number of nitrogens with zero attached hydrogens (tertiary/aromatic N) is 1. The van der Waals surface area contributed by atoms with Crippen LogP contribution in [0.5, 0.6) is 0 Å². The number of benzene rings is 3. The molecule has 4 rings (SSSR count). The summed E-state index contributed by atoms with van der Waals surface area (Å²) in [5, 5.41) is 14.4. The van der Waals surface area contributed by atoms with E-state index in [4.69, 9.17) is 14.0 Å². The zero-order valence-electron chi connectivity index (χ0n) is 20.1. The van der Waals surface area contributed by atoms with Crippen LogP contribution >= 0.6 is 6.98 Å². The number of hydrogen-bond donors (Lipinski definition) is 0. The van der Waals surface area contributed by atoms with Gasteiger partial charge in [0, 0.05) is 0 Å². The Kier molecular flexibility index (Phi) is 5.88. The van der Waals surface area contributed by atoms with Gasteiger partial charge in [-0.25, -0.2) is 0 Å². The Hall–Kier alpha value is -2.68. The predicted octanol–water partition coefficient (Wildman–Crippen LogP) is 4.83. The molecule has 3 aromatic carbocycles. The molecule has 0 bridgehead atoms. The van der Waals surface area contributed by atoms with E-state index in [9.17, 15) is 5.11 Å². The van der Waals surface area contributed by atoms with Gasteiger partial charge in [-0.2, -0.15) is 0 Å². The van der Waals surface area contributed by atoms with Crippen LogP contribution < -0.4 is 15.7 Å². The van der Waals surface area contributed by atoms with Crippen LogP contribution in [-0.2, 0) is 15.7 Å². The quantitative estimate of drug-likeness (QED) is 0.310. The van der Waals surface area contributed by atoms with Gasteiger partial charge in [-0.15, -0.1) is 0 Å². The molecular formula is C28H33NO3P-. The molecule has 2 atom stereocenters. The molecule has 1 aliphatic heterocycles. The van der Waals surface area contributed by atoms with Gasteiger partial charge in [-0.05, 0) is 0 Å². The second-order valence-electron chi connectivity index (χ2n) is 10.1. The molecule has 0 amide bonds. The monoisotopic (exact) mass is 462 g/mol. The molecule has 0 radical (unpaired) electrons. The summed E-state index contributed by atoms with van der Waals surface area (Å²) in [6.07, 6.45) is -0.0126. The first-order valence-corrected chi connectivity index (χ1v) is 13.5. The maximum absolute atomic E-state index is 13.0. The van der Waals surface area contributed by atoms with Crippen LogP contribution in [0.25, 0.3) is 0 Å². The van der Waals surface area contributed by atoms with Gasteiger partial charge in [0.2, 0.25) is 0 Å². The van der Waals surface area contributed by atoms with E-state index in [1.807, 2.05) is 42.5 Å². The summed E-state index contributed by atoms with van der Waals surface area (Å²) in [5.41, 5.74) is 1.03. The van der Waals surface area contributed by atoms with Crippen molar-refractivity contribution in [2.75, 3.05) is 7.11 Å². The van der Waals surface area contributed by atoms with Crippen LogP contribution in [0.2, 0.25) is 0 Å². The van der Waals surface area contributed by atoms with Crippen molar-refractivity contribution >= 4 is 23.7 Å². The molecule has 2 unspecified atom stereocenters. The molecule has 0 spiro atoms. The minimum absolute atomic E-state index is 0.128. The predicted molar refractivity (Wildman–Crippen MR) is 136 cm³/mol. The van der Waals surface area contributed by atoms with Crippen LogP contribution in [0.4, 0.5) is 0 Å². The molecule has 1 saturated heterocycles. The second kappa shape index (κ2) is 8.27. The summed E-state index contributed by atoms with van der Waals surface area (Å²) < 4.78 is 17.3. The van der Waals surface area contributed by atoms with E-state index >= 15 is 0 Å². The Morgan fingerprint density at radius 3 is 1.79 bits per heavy atom. The van der Waals surface area contributed by atoms with Crippen molar-refractivity contribution in [3.63, 3.8) is 0 Å². The van der Waals surface area contributed by atoms with Crippen molar-refractivity contribution in [1.82, 2.24) is 0 Å². The third kappa shape index (κ3) is 3.39. The van der Waals surface area contributed by atoms with Gasteiger partial charge in [-0.1, -0.05) is 0 Å². The molecule has 0 N–H and O–H groups in total. The van der Waals surface area contributed by atoms with Gasteiger partial charge in [0.25, 0.3) is 0 Å². The zero-order valence-corrected chi connectivity index (χ0v) is 21.0. The first-order valence-electron chi connectivity index (χ1n) is 11.3. The number of hydrogen-bond acceptors (Lipinski definition) is 4. The molecule has 3 aromatic rings. The fourth-order valence-corrected chi connectivity index (χ4v) is 12.1. The average molecular weight is 463 g/mol. The van der Waals surface area contributed by atoms with E-state index in [0.29, 0.717) is 0 Å². The number of rotatable bonds is 5. The molecule has 1 heterocycles. The summed E-state index contributed by atoms with van der Waals surface area (Å²) in [6, 6.07) is 30.6. The Bertz CT molecular complexity index is 1090. The third-order valence-corrected chi connectivity index (χ3v) is 12.9. The summed E-state index contributed by atoms with van der Waals surface area (Å²) in [5.74, 6) is 0. The molecular weight excluding hydrogens is 429 g/mol. The van der Waals surface area contributed by atoms with Crippen molar-refractivity contribution < 1.29 is 14.4 Å². The molecule has 0 aliphatic carbocycles. The molecule has 0 aromatic heterocycles. The molecule has 5 heteroatoms. The topological polar surface area (TPSA) is 53.9 Å². The summed E-state index contributed by atoms with van der Waals surface area (Å²) in [7, 11) is 1.38. The maximum atomic E-state index is 13.0. The van der Waals surface area contributed by atoms with Crippen molar-refractivity contribution in [2.45, 2.75) is 45.4 Å². The van der Waals surface area contributed by atoms with Crippen LogP contribution in [0.1, 0.15) is 33.3 Å². The Morgan fingerprint density at radius 1 is 0.909 bits per heavy atom. The van der Waals surface area contributed by atoms with Gasteiger partial charge in [0.05, 0.1) is 0 Å². The fourth-order valence-electron chi connectivity index (χ4n) is 5.67. The zero-order chi connectivity index (χ0) is 23.8. The SMILES string of the molecule is COC([O-])=NP1(c2ccccc2)(c2ccccc2)OC(C(C)(C)C)C1(C)Cc1ccccc1. The normalized spacial score (nSPS) is 25.3. The van der Waals surface area contributed by atoms with Gasteiger partial charge in [0.15, 0.2) is 0 Å². The Labute approximate surface area is 197 Å². The van der Waals surface area contributed by atoms with E-state index in [0.717, 1.165) is 17.0 Å². The Balaban J connectivity index is 2.13. The standard InChI is InChI=1S/C28H34NO3P/c1-27(2,3)25-28(4,21-22-15-9-6-10-16-22)33(32-25,29-26(30)31-5,23-17-11-7-12-18-23)24-19-13-8-14-20-24/h6-20,25H,21H2,1-5H3,(H,29,30)/p-1. The van der Waals surface area contributed by atoms with Crippen LogP contribution in [-0.4, -0.2) is 24.5 Å². The van der Waals surface area contributed by atoms with E-state index in [1.165, 1.54) is 12.7 Å². The molecule has 1 fully saturated rings. The van der Waals surface area contributed by atoms with Crippen LogP contribution in [0.15, 0.2) is 95.8 Å². The van der Waals surface area contributed by atoms with Gasteiger partial charge in [0.1, 0.15) is 0 Å². The van der Waals surface area contributed by atoms with Crippen molar-refractivity contribution in [3.8, 4) is 0 Å². The van der Waals surface area contributed by atoms with E-state index < -0.39 is 18.2 Å². The van der Waals surface area contributed by atoms with E-state index in [-0.39, 0.29) is 11.5 Å². The summed E-state index contributed by atoms with van der Waals surface area (Å²) in [6.45, 7) is 4.92. The van der Waals surface area contributed by atoms with Crippen molar-refractivity contribution in [3.05, 3.63) is 96.6 Å². The van der Waals surface area contributed by atoms with Gasteiger partial charge >= 0.3 is 197 Å². The Morgan fingerprint density at radius 2 is 1.36 bits per heavy atom. The van der Waals surface area contributed by atoms with Crippen molar-refractivity contribution in [1.29, 1.82) is 0 Å². The van der Waals surface area contributed by atoms with Crippen LogP contribution in [0.3, 0.4) is 0 Å². The average Bonchev–Trinajstić information content (AvgIpc) is 2.82. The summed E-state index contributed by atoms with van der Waals surface area (Å²) in [4.78, 5) is 0. The number of ether oxygens (including phenoxy) is 1. The second-order valence-corrected chi connectivity index (χ2v) is 14.6. The third-order valence-electron chi connectivity index (χ3n) is 6.93.